The Hall–Kier alpha value is -2.28. The number of urea groups is 1. The number of hydrogen-bond donors (Lipinski definition) is 2. The van der Waals surface area contributed by atoms with E-state index in [1.807, 2.05) is 22.4 Å². The molecule has 4 rings (SSSR count). The van der Waals surface area contributed by atoms with Crippen molar-refractivity contribution in [2.24, 2.45) is 5.92 Å². The molecular weight excluding hydrogens is 336 g/mol. The van der Waals surface area contributed by atoms with E-state index in [4.69, 9.17) is 0 Å². The molecule has 2 heterocycles. The Balaban J connectivity index is 1.35. The molecule has 2 amide bonds. The van der Waals surface area contributed by atoms with Crippen LogP contribution in [0.15, 0.2) is 35.8 Å². The van der Waals surface area contributed by atoms with Crippen molar-refractivity contribution >= 4 is 23.1 Å². The lowest BCUT2D eigenvalue weighted by Gasteiger charge is -2.36. The van der Waals surface area contributed by atoms with Crippen molar-refractivity contribution in [3.05, 3.63) is 40.8 Å². The number of piperazine rings is 1. The van der Waals surface area contributed by atoms with Crippen LogP contribution in [0.4, 0.5) is 10.5 Å². The van der Waals surface area contributed by atoms with Gasteiger partial charge in [0.25, 0.3) is 0 Å². The maximum absolute atomic E-state index is 12.7. The maximum atomic E-state index is 12.7. The molecule has 1 saturated heterocycles. The molecule has 1 aliphatic carbocycles. The average Bonchev–Trinajstić information content (AvgIpc) is 3.33. The van der Waals surface area contributed by atoms with Crippen molar-refractivity contribution in [1.29, 1.82) is 0 Å². The molecule has 7 heteroatoms. The number of benzene rings is 1. The second-order valence-electron chi connectivity index (χ2n) is 6.63. The second kappa shape index (κ2) is 6.92. The molecule has 1 aliphatic heterocycles. The number of nitrogens with one attached hydrogen (secondary N) is 1. The summed E-state index contributed by atoms with van der Waals surface area (Å²) < 4.78 is 0. The number of aromatic hydroxyl groups is 1. The minimum Gasteiger partial charge on any atom is -0.508 e. The lowest BCUT2D eigenvalue weighted by Crippen LogP contribution is -2.52. The molecule has 0 bridgehead atoms. The Labute approximate surface area is 151 Å². The van der Waals surface area contributed by atoms with E-state index in [0.29, 0.717) is 19.0 Å². The molecule has 1 atom stereocenters. The van der Waals surface area contributed by atoms with Crippen molar-refractivity contribution < 1.29 is 9.90 Å². The molecule has 2 aliphatic rings. The molecule has 0 radical (unpaired) electrons. The molecule has 6 nitrogen and oxygen atoms in total. The molecule has 25 heavy (non-hydrogen) atoms. The number of aromatic nitrogens is 1. The van der Waals surface area contributed by atoms with Gasteiger partial charge in [-0.05, 0) is 30.9 Å². The summed E-state index contributed by atoms with van der Waals surface area (Å²) in [6.07, 6.45) is 4.13. The molecule has 132 valence electrons. The Morgan fingerprint density at radius 2 is 2.08 bits per heavy atom. The molecule has 2 fully saturated rings. The van der Waals surface area contributed by atoms with Gasteiger partial charge >= 0.3 is 6.03 Å². The van der Waals surface area contributed by atoms with Crippen LogP contribution >= 0.6 is 11.3 Å². The minimum absolute atomic E-state index is 0.00246. The van der Waals surface area contributed by atoms with Crippen molar-refractivity contribution in [2.45, 2.75) is 18.9 Å². The number of amides is 2. The van der Waals surface area contributed by atoms with Crippen LogP contribution in [0.1, 0.15) is 23.9 Å². The first kappa shape index (κ1) is 16.2. The van der Waals surface area contributed by atoms with Crippen LogP contribution in [0.25, 0.3) is 0 Å². The molecule has 1 saturated carbocycles. The number of anilines is 1. The number of hydrogen-bond acceptors (Lipinski definition) is 5. The third kappa shape index (κ3) is 3.71. The van der Waals surface area contributed by atoms with Gasteiger partial charge in [0.15, 0.2) is 0 Å². The predicted molar refractivity (Wildman–Crippen MR) is 98.0 cm³/mol. The Bertz CT molecular complexity index is 724. The zero-order valence-electron chi connectivity index (χ0n) is 14.0. The van der Waals surface area contributed by atoms with Gasteiger partial charge in [0.2, 0.25) is 0 Å². The van der Waals surface area contributed by atoms with Crippen LogP contribution in [0.2, 0.25) is 0 Å². The number of phenols is 1. The summed E-state index contributed by atoms with van der Waals surface area (Å²) >= 11 is 1.61. The number of nitrogens with zero attached hydrogens (tertiary/aromatic N) is 3. The van der Waals surface area contributed by atoms with E-state index in [0.717, 1.165) is 36.6 Å². The monoisotopic (exact) mass is 358 g/mol. The summed E-state index contributed by atoms with van der Waals surface area (Å²) in [5, 5.41) is 15.8. The van der Waals surface area contributed by atoms with Gasteiger partial charge in [-0.2, -0.15) is 0 Å². The highest BCUT2D eigenvalue weighted by atomic mass is 32.1. The van der Waals surface area contributed by atoms with Crippen LogP contribution in [0, 0.1) is 5.92 Å². The molecule has 2 aromatic rings. The van der Waals surface area contributed by atoms with Crippen molar-refractivity contribution in [3.8, 4) is 5.75 Å². The highest BCUT2D eigenvalue weighted by Gasteiger charge is 2.36. The largest absolute Gasteiger partial charge is 0.508 e. The Kier molecular flexibility index (Phi) is 4.48. The second-order valence-corrected chi connectivity index (χ2v) is 7.56. The summed E-state index contributed by atoms with van der Waals surface area (Å²) in [5.41, 5.74) is 0.999. The molecular formula is C18H22N4O2S. The number of rotatable bonds is 4. The van der Waals surface area contributed by atoms with Crippen molar-refractivity contribution in [1.82, 2.24) is 15.2 Å². The molecule has 1 aromatic carbocycles. The fraction of sp³-hybridized carbons (Fsp3) is 0.444. The summed E-state index contributed by atoms with van der Waals surface area (Å²) in [7, 11) is 0. The zero-order valence-corrected chi connectivity index (χ0v) is 14.8. The van der Waals surface area contributed by atoms with Crippen molar-refractivity contribution in [3.63, 3.8) is 0 Å². The average molecular weight is 358 g/mol. The van der Waals surface area contributed by atoms with Crippen LogP contribution in [0.3, 0.4) is 0 Å². The molecule has 1 unspecified atom stereocenters. The first-order chi connectivity index (χ1) is 12.2. The fourth-order valence-corrected chi connectivity index (χ4v) is 4.06. The topological polar surface area (TPSA) is 68.7 Å². The fourth-order valence-electron chi connectivity index (χ4n) is 3.28. The highest BCUT2D eigenvalue weighted by Crippen LogP contribution is 2.41. The van der Waals surface area contributed by atoms with Crippen LogP contribution in [-0.2, 0) is 0 Å². The predicted octanol–water partition coefficient (Wildman–Crippen LogP) is 2.83. The van der Waals surface area contributed by atoms with Crippen molar-refractivity contribution in [2.75, 3.05) is 31.1 Å². The smallest absolute Gasteiger partial charge is 0.318 e. The third-order valence-electron chi connectivity index (χ3n) is 4.85. The van der Waals surface area contributed by atoms with Crippen LogP contribution < -0.4 is 10.2 Å². The van der Waals surface area contributed by atoms with Gasteiger partial charge in [-0.25, -0.2) is 9.78 Å². The van der Waals surface area contributed by atoms with E-state index in [-0.39, 0.29) is 17.8 Å². The Morgan fingerprint density at radius 1 is 1.28 bits per heavy atom. The third-order valence-corrected chi connectivity index (χ3v) is 5.71. The molecule has 2 N–H and O–H groups in total. The lowest BCUT2D eigenvalue weighted by molar-refractivity contribution is 0.188. The van der Waals surface area contributed by atoms with E-state index in [1.54, 1.807) is 29.7 Å². The van der Waals surface area contributed by atoms with Gasteiger partial charge < -0.3 is 20.2 Å². The van der Waals surface area contributed by atoms with Gasteiger partial charge in [0.05, 0.1) is 6.04 Å². The number of carbonyl (C=O) groups is 1. The minimum atomic E-state index is 0.00246. The SMILES string of the molecule is O=C(NC(c1nccs1)C1CC1)N1CCN(c2cccc(O)c2)CC1. The van der Waals surface area contributed by atoms with Gasteiger partial charge in [-0.3, -0.25) is 0 Å². The standard InChI is InChI=1S/C18H22N4O2S/c23-15-3-1-2-14(12-15)21-7-9-22(10-8-21)18(24)20-16(13-4-5-13)17-19-6-11-25-17/h1-3,6,11-13,16,23H,4-5,7-10H2,(H,20,24). The summed E-state index contributed by atoms with van der Waals surface area (Å²) in [5.74, 6) is 0.803. The molecule has 0 spiro atoms. The van der Waals surface area contributed by atoms with Gasteiger partial charge in [-0.1, -0.05) is 6.07 Å². The first-order valence-corrected chi connectivity index (χ1v) is 9.57. The summed E-state index contributed by atoms with van der Waals surface area (Å²) in [6, 6.07) is 7.32. The van der Waals surface area contributed by atoms with E-state index in [1.165, 1.54) is 0 Å². The summed E-state index contributed by atoms with van der Waals surface area (Å²) in [4.78, 5) is 21.1. The zero-order chi connectivity index (χ0) is 17.2. The highest BCUT2D eigenvalue weighted by molar-refractivity contribution is 7.09. The van der Waals surface area contributed by atoms with Gasteiger partial charge in [-0.15, -0.1) is 11.3 Å². The number of phenolic OH excluding ortho intramolecular Hbond substituents is 1. The first-order valence-electron chi connectivity index (χ1n) is 8.69. The van der Waals surface area contributed by atoms with Crippen LogP contribution in [0.5, 0.6) is 5.75 Å². The van der Waals surface area contributed by atoms with Gasteiger partial charge in [0, 0.05) is 49.5 Å². The van der Waals surface area contributed by atoms with E-state index in [2.05, 4.69) is 15.2 Å². The van der Waals surface area contributed by atoms with E-state index >= 15 is 0 Å². The lowest BCUT2D eigenvalue weighted by atomic mass is 10.2. The van der Waals surface area contributed by atoms with Gasteiger partial charge in [0.1, 0.15) is 10.8 Å². The molecule has 1 aromatic heterocycles. The Morgan fingerprint density at radius 3 is 2.72 bits per heavy atom. The normalized spacial score (nSPS) is 18.9. The summed E-state index contributed by atoms with van der Waals surface area (Å²) in [6.45, 7) is 2.89. The maximum Gasteiger partial charge on any atom is 0.318 e. The van der Waals surface area contributed by atoms with Crippen LogP contribution in [-0.4, -0.2) is 47.2 Å². The quantitative estimate of drug-likeness (QED) is 0.882. The number of carbonyl (C=O) groups excluding carboxylic acids is 1. The van der Waals surface area contributed by atoms with E-state index in [9.17, 15) is 9.90 Å². The number of thiazole rings is 1. The van der Waals surface area contributed by atoms with E-state index < -0.39 is 0 Å².